The fourth-order valence-electron chi connectivity index (χ4n) is 2.91. The quantitative estimate of drug-likeness (QED) is 0.406. The lowest BCUT2D eigenvalue weighted by Gasteiger charge is -2.18. The molecule has 0 saturated carbocycles. The summed E-state index contributed by atoms with van der Waals surface area (Å²) in [5, 5.41) is 4.24. The van der Waals surface area contributed by atoms with E-state index in [1.54, 1.807) is 14.2 Å². The summed E-state index contributed by atoms with van der Waals surface area (Å²) in [5.41, 5.74) is 3.16. The van der Waals surface area contributed by atoms with Crippen LogP contribution in [0.25, 0.3) is 10.9 Å². The highest BCUT2D eigenvalue weighted by Crippen LogP contribution is 2.36. The molecule has 30 heavy (non-hydrogen) atoms. The van der Waals surface area contributed by atoms with Crippen LogP contribution in [0, 0.1) is 19.3 Å². The minimum absolute atomic E-state index is 0.385. The average molecular weight is 407 g/mol. The number of nitrogens with zero attached hydrogens (tertiary/aromatic N) is 2. The lowest BCUT2D eigenvalue weighted by atomic mass is 10.1. The zero-order valence-electron chi connectivity index (χ0n) is 17.4. The van der Waals surface area contributed by atoms with Crippen LogP contribution in [0.4, 0.5) is 11.5 Å². The van der Waals surface area contributed by atoms with E-state index in [-0.39, 0.29) is 0 Å². The first-order valence-corrected chi connectivity index (χ1v) is 9.53. The molecule has 0 aliphatic carbocycles. The van der Waals surface area contributed by atoms with Crippen LogP contribution in [0.5, 0.6) is 11.5 Å². The van der Waals surface area contributed by atoms with E-state index >= 15 is 0 Å². The van der Waals surface area contributed by atoms with Crippen molar-refractivity contribution in [2.75, 3.05) is 46.0 Å². The van der Waals surface area contributed by atoms with Crippen LogP contribution < -0.4 is 14.8 Å². The van der Waals surface area contributed by atoms with Crippen LogP contribution in [0.3, 0.4) is 0 Å². The number of benzene rings is 2. The van der Waals surface area contributed by atoms with Crippen LogP contribution in [0.15, 0.2) is 36.7 Å². The number of methoxy groups -OCH3 is 2. The molecule has 0 atom stereocenters. The van der Waals surface area contributed by atoms with Gasteiger partial charge >= 0.3 is 0 Å². The van der Waals surface area contributed by atoms with E-state index in [1.165, 1.54) is 6.33 Å². The molecule has 0 radical (unpaired) electrons. The smallest absolute Gasteiger partial charge is 0.158 e. The molecule has 0 saturated heterocycles. The molecule has 0 bridgehead atoms. The second-order valence-corrected chi connectivity index (χ2v) is 6.49. The Balaban J connectivity index is 1.95. The number of rotatable bonds is 10. The highest BCUT2D eigenvalue weighted by Gasteiger charge is 2.15. The van der Waals surface area contributed by atoms with Crippen molar-refractivity contribution in [3.8, 4) is 23.8 Å². The second-order valence-electron chi connectivity index (χ2n) is 6.49. The van der Waals surface area contributed by atoms with Gasteiger partial charge in [0.15, 0.2) is 5.75 Å². The largest absolute Gasteiger partial charge is 0.491 e. The number of anilines is 2. The van der Waals surface area contributed by atoms with Gasteiger partial charge in [-0.1, -0.05) is 12.0 Å². The summed E-state index contributed by atoms with van der Waals surface area (Å²) in [5.74, 6) is 4.65. The molecule has 0 aliphatic heterocycles. The average Bonchev–Trinajstić information content (AvgIpc) is 2.76. The van der Waals surface area contributed by atoms with Crippen LogP contribution >= 0.6 is 0 Å². The van der Waals surface area contributed by atoms with E-state index in [0.717, 1.165) is 27.9 Å². The molecule has 0 amide bonds. The van der Waals surface area contributed by atoms with Crippen molar-refractivity contribution in [1.29, 1.82) is 0 Å². The predicted octanol–water partition coefficient (Wildman–Crippen LogP) is 3.71. The minimum atomic E-state index is 0.385. The normalized spacial score (nSPS) is 10.6. The molecule has 0 fully saturated rings. The third kappa shape index (κ3) is 4.98. The summed E-state index contributed by atoms with van der Waals surface area (Å²) < 4.78 is 21.7. The minimum Gasteiger partial charge on any atom is -0.491 e. The van der Waals surface area contributed by atoms with Crippen LogP contribution in [-0.2, 0) is 9.47 Å². The number of hydrogen-bond acceptors (Lipinski definition) is 7. The molecular weight excluding hydrogens is 382 g/mol. The number of aryl methyl sites for hydroxylation is 1. The summed E-state index contributed by atoms with van der Waals surface area (Å²) in [7, 11) is 3.26. The van der Waals surface area contributed by atoms with Crippen LogP contribution in [0.2, 0.25) is 0 Å². The van der Waals surface area contributed by atoms with Gasteiger partial charge in [0.05, 0.1) is 30.0 Å². The van der Waals surface area contributed by atoms with Gasteiger partial charge in [-0.15, -0.1) is 6.42 Å². The van der Waals surface area contributed by atoms with E-state index in [0.29, 0.717) is 43.6 Å². The summed E-state index contributed by atoms with van der Waals surface area (Å²) in [6.07, 6.45) is 7.20. The van der Waals surface area contributed by atoms with E-state index in [9.17, 15) is 0 Å². The predicted molar refractivity (Wildman–Crippen MR) is 117 cm³/mol. The van der Waals surface area contributed by atoms with Gasteiger partial charge in [-0.25, -0.2) is 9.97 Å². The molecule has 1 heterocycles. The topological polar surface area (TPSA) is 74.7 Å². The Bertz CT molecular complexity index is 1050. The van der Waals surface area contributed by atoms with E-state index in [2.05, 4.69) is 21.2 Å². The molecule has 3 rings (SSSR count). The maximum absolute atomic E-state index is 5.93. The molecular formula is C23H25N3O4. The van der Waals surface area contributed by atoms with Crippen LogP contribution in [-0.4, -0.2) is 50.6 Å². The first-order valence-electron chi connectivity index (χ1n) is 9.53. The number of nitrogens with one attached hydrogen (secondary N) is 1. The van der Waals surface area contributed by atoms with E-state index in [4.69, 9.17) is 25.4 Å². The maximum Gasteiger partial charge on any atom is 0.158 e. The van der Waals surface area contributed by atoms with E-state index in [1.807, 2.05) is 37.3 Å². The van der Waals surface area contributed by atoms with Crippen molar-refractivity contribution in [1.82, 2.24) is 9.97 Å². The number of terminal acetylenes is 1. The summed E-state index contributed by atoms with van der Waals surface area (Å²) in [6, 6.07) is 9.49. The van der Waals surface area contributed by atoms with Crippen molar-refractivity contribution >= 4 is 22.4 Å². The summed E-state index contributed by atoms with van der Waals surface area (Å²) in [4.78, 5) is 8.80. The molecule has 1 aromatic heterocycles. The Hall–Kier alpha value is -3.34. The fourth-order valence-corrected chi connectivity index (χ4v) is 2.91. The zero-order chi connectivity index (χ0) is 21.3. The van der Waals surface area contributed by atoms with E-state index < -0.39 is 0 Å². The highest BCUT2D eigenvalue weighted by atomic mass is 16.5. The SMILES string of the molecule is C#Cc1ccc(C)c(Nc2ncnc3cc(OCCOC)ccc23)c1OCCOC. The van der Waals surface area contributed by atoms with Gasteiger partial charge in [0.1, 0.15) is 31.1 Å². The first-order chi connectivity index (χ1) is 14.7. The third-order valence-electron chi connectivity index (χ3n) is 4.46. The van der Waals surface area contributed by atoms with Gasteiger partial charge in [-0.3, -0.25) is 0 Å². The first kappa shape index (κ1) is 21.4. The maximum atomic E-state index is 5.93. The molecule has 2 aromatic carbocycles. The number of aromatic nitrogens is 2. The molecule has 156 valence electrons. The number of ether oxygens (including phenoxy) is 4. The Kier molecular flexibility index (Phi) is 7.44. The van der Waals surface area contributed by atoms with Crippen molar-refractivity contribution in [2.45, 2.75) is 6.92 Å². The van der Waals surface area contributed by atoms with Crippen molar-refractivity contribution in [3.63, 3.8) is 0 Å². The fraction of sp³-hybridized carbons (Fsp3) is 0.304. The molecule has 3 aromatic rings. The zero-order valence-corrected chi connectivity index (χ0v) is 17.4. The number of fused-ring (bicyclic) bond motifs is 1. The van der Waals surface area contributed by atoms with Gasteiger partial charge in [-0.05, 0) is 30.7 Å². The summed E-state index contributed by atoms with van der Waals surface area (Å²) in [6.45, 7) is 3.82. The van der Waals surface area contributed by atoms with Crippen LogP contribution in [0.1, 0.15) is 11.1 Å². The van der Waals surface area contributed by atoms with Gasteiger partial charge in [0, 0.05) is 25.7 Å². The Labute approximate surface area is 176 Å². The van der Waals surface area contributed by atoms with Gasteiger partial charge < -0.3 is 24.3 Å². The monoisotopic (exact) mass is 407 g/mol. The van der Waals surface area contributed by atoms with Crippen molar-refractivity contribution < 1.29 is 18.9 Å². The Morgan fingerprint density at radius 3 is 2.47 bits per heavy atom. The number of hydrogen-bond donors (Lipinski definition) is 1. The second kappa shape index (κ2) is 10.4. The highest BCUT2D eigenvalue weighted by molar-refractivity contribution is 5.92. The molecule has 7 nitrogen and oxygen atoms in total. The van der Waals surface area contributed by atoms with Crippen molar-refractivity contribution in [3.05, 3.63) is 47.8 Å². The van der Waals surface area contributed by atoms with Gasteiger partial charge in [-0.2, -0.15) is 0 Å². The van der Waals surface area contributed by atoms with Gasteiger partial charge in [0.2, 0.25) is 0 Å². The standard InChI is InChI=1S/C23H25N3O4/c1-5-17-7-6-16(2)21(22(17)30-13-11-28-4)26-23-19-9-8-18(29-12-10-27-3)14-20(19)24-15-25-23/h1,6-9,14-15H,10-13H2,2-4H3,(H,24,25,26). The lowest BCUT2D eigenvalue weighted by molar-refractivity contribution is 0.146. The van der Waals surface area contributed by atoms with Gasteiger partial charge in [0.25, 0.3) is 0 Å². The molecule has 1 N–H and O–H groups in total. The van der Waals surface area contributed by atoms with Crippen molar-refractivity contribution in [2.24, 2.45) is 0 Å². The summed E-state index contributed by atoms with van der Waals surface area (Å²) >= 11 is 0. The lowest BCUT2D eigenvalue weighted by Crippen LogP contribution is -2.08. The molecule has 0 aliphatic rings. The molecule has 0 unspecified atom stereocenters. The molecule has 0 spiro atoms. The third-order valence-corrected chi connectivity index (χ3v) is 4.46. The Morgan fingerprint density at radius 2 is 1.73 bits per heavy atom. The Morgan fingerprint density at radius 1 is 0.967 bits per heavy atom. The molecule has 7 heteroatoms.